The molecule has 0 heterocycles. The molecule has 1 aliphatic rings. The fraction of sp³-hybridized carbons (Fsp3) is 0.200. The van der Waals surface area contributed by atoms with Crippen molar-refractivity contribution in [3.63, 3.8) is 0 Å². The maximum atomic E-state index is 9.32. The first-order chi connectivity index (χ1) is 8.93. The molecule has 1 aliphatic carbocycles. The first-order valence-corrected chi connectivity index (χ1v) is 6.60. The van der Waals surface area contributed by atoms with Crippen molar-refractivity contribution in [1.82, 2.24) is 0 Å². The fourth-order valence-electron chi connectivity index (χ4n) is 3.01. The minimum atomic E-state index is -1.45. The highest BCUT2D eigenvalue weighted by molar-refractivity contribution is 6.58. The summed E-state index contributed by atoms with van der Waals surface area (Å²) >= 11 is 6.35. The highest BCUT2D eigenvalue weighted by atomic mass is 35.5. The zero-order chi connectivity index (χ0) is 13.8. The average Bonchev–Trinajstić information content (AvgIpc) is 2.59. The molecule has 0 saturated carbocycles. The average molecular weight is 273 g/mol. The lowest BCUT2D eigenvalue weighted by molar-refractivity contribution is 0.426. The van der Waals surface area contributed by atoms with Gasteiger partial charge < -0.3 is 10.0 Å². The summed E-state index contributed by atoms with van der Waals surface area (Å²) in [5, 5.41) is 19.4. The Kier molecular flexibility index (Phi) is 2.75. The predicted molar refractivity (Wildman–Crippen MR) is 78.8 cm³/mol. The molecule has 0 amide bonds. The van der Waals surface area contributed by atoms with Crippen LogP contribution in [0.1, 0.15) is 25.0 Å². The van der Waals surface area contributed by atoms with Gasteiger partial charge in [0.25, 0.3) is 0 Å². The van der Waals surface area contributed by atoms with Gasteiger partial charge >= 0.3 is 7.12 Å². The van der Waals surface area contributed by atoms with Crippen LogP contribution in [-0.2, 0) is 5.41 Å². The van der Waals surface area contributed by atoms with Crippen LogP contribution in [0.2, 0.25) is 5.02 Å². The monoisotopic (exact) mass is 272 g/mol. The van der Waals surface area contributed by atoms with E-state index >= 15 is 0 Å². The Morgan fingerprint density at radius 2 is 1.79 bits per heavy atom. The van der Waals surface area contributed by atoms with Crippen LogP contribution < -0.4 is 5.46 Å². The van der Waals surface area contributed by atoms with Crippen LogP contribution in [0.15, 0.2) is 36.4 Å². The van der Waals surface area contributed by atoms with Gasteiger partial charge in [0.2, 0.25) is 0 Å². The van der Waals surface area contributed by atoms with Gasteiger partial charge in [0.05, 0.1) is 0 Å². The third-order valence-electron chi connectivity index (χ3n) is 3.94. The van der Waals surface area contributed by atoms with Crippen molar-refractivity contribution in [3.05, 3.63) is 52.5 Å². The second-order valence-electron chi connectivity index (χ2n) is 5.47. The van der Waals surface area contributed by atoms with E-state index in [1.807, 2.05) is 30.3 Å². The van der Waals surface area contributed by atoms with E-state index in [2.05, 4.69) is 13.8 Å². The standard InChI is InChI=1S/C15H14BClO2/c1-15(2)12-7-6-9(16(18)19)8-11(12)10-4-3-5-13(17)14(10)15/h3-8,18-19H,1-2H3. The van der Waals surface area contributed by atoms with Crippen LogP contribution in [0.4, 0.5) is 0 Å². The molecule has 0 unspecified atom stereocenters. The van der Waals surface area contributed by atoms with E-state index in [-0.39, 0.29) is 5.41 Å². The maximum absolute atomic E-state index is 9.32. The van der Waals surface area contributed by atoms with Crippen molar-refractivity contribution in [2.45, 2.75) is 19.3 Å². The van der Waals surface area contributed by atoms with Gasteiger partial charge in [-0.1, -0.05) is 55.8 Å². The smallest absolute Gasteiger partial charge is 0.423 e. The van der Waals surface area contributed by atoms with Crippen LogP contribution in [-0.4, -0.2) is 17.2 Å². The normalized spacial score (nSPS) is 15.0. The zero-order valence-corrected chi connectivity index (χ0v) is 11.6. The quantitative estimate of drug-likeness (QED) is 0.782. The number of hydrogen-bond donors (Lipinski definition) is 2. The molecule has 96 valence electrons. The summed E-state index contributed by atoms with van der Waals surface area (Å²) in [7, 11) is -1.45. The van der Waals surface area contributed by atoms with Gasteiger partial charge in [0.1, 0.15) is 0 Å². The zero-order valence-electron chi connectivity index (χ0n) is 10.8. The Hall–Kier alpha value is -1.29. The molecule has 3 rings (SSSR count). The molecule has 2 aromatic carbocycles. The summed E-state index contributed by atoms with van der Waals surface area (Å²) in [5.74, 6) is 0. The largest absolute Gasteiger partial charge is 0.488 e. The fourth-order valence-corrected chi connectivity index (χ4v) is 3.42. The van der Waals surface area contributed by atoms with Crippen molar-refractivity contribution >= 4 is 24.2 Å². The molecular weight excluding hydrogens is 258 g/mol. The van der Waals surface area contributed by atoms with E-state index in [9.17, 15) is 10.0 Å². The van der Waals surface area contributed by atoms with E-state index in [0.29, 0.717) is 5.46 Å². The summed E-state index contributed by atoms with van der Waals surface area (Å²) < 4.78 is 0. The molecule has 0 bridgehead atoms. The number of rotatable bonds is 1. The number of hydrogen-bond acceptors (Lipinski definition) is 2. The maximum Gasteiger partial charge on any atom is 0.488 e. The molecule has 0 radical (unpaired) electrons. The molecule has 19 heavy (non-hydrogen) atoms. The second kappa shape index (κ2) is 4.10. The van der Waals surface area contributed by atoms with Gasteiger partial charge in [-0.3, -0.25) is 0 Å². The Balaban J connectivity index is 2.33. The SMILES string of the molecule is CC1(C)c2ccc(B(O)O)cc2-c2cccc(Cl)c21. The highest BCUT2D eigenvalue weighted by Crippen LogP contribution is 2.50. The Morgan fingerprint density at radius 1 is 1.05 bits per heavy atom. The third kappa shape index (κ3) is 1.73. The van der Waals surface area contributed by atoms with Crippen LogP contribution in [0.3, 0.4) is 0 Å². The molecule has 2 N–H and O–H groups in total. The molecule has 4 heteroatoms. The number of fused-ring (bicyclic) bond motifs is 3. The molecular formula is C15H14BClO2. The van der Waals surface area contributed by atoms with Gasteiger partial charge in [-0.25, -0.2) is 0 Å². The molecule has 0 fully saturated rings. The van der Waals surface area contributed by atoms with Crippen LogP contribution in [0.5, 0.6) is 0 Å². The predicted octanol–water partition coefficient (Wildman–Crippen LogP) is 2.33. The van der Waals surface area contributed by atoms with E-state index in [1.54, 1.807) is 6.07 Å². The van der Waals surface area contributed by atoms with Gasteiger partial charge in [0, 0.05) is 10.4 Å². The van der Waals surface area contributed by atoms with Crippen molar-refractivity contribution in [3.8, 4) is 11.1 Å². The van der Waals surface area contributed by atoms with Crippen molar-refractivity contribution in [2.24, 2.45) is 0 Å². The number of benzene rings is 2. The summed E-state index contributed by atoms with van der Waals surface area (Å²) in [6.07, 6.45) is 0. The van der Waals surface area contributed by atoms with Crippen LogP contribution in [0.25, 0.3) is 11.1 Å². The van der Waals surface area contributed by atoms with E-state index in [1.165, 1.54) is 5.56 Å². The third-order valence-corrected chi connectivity index (χ3v) is 4.26. The van der Waals surface area contributed by atoms with E-state index < -0.39 is 7.12 Å². The first kappa shape index (κ1) is 12.7. The van der Waals surface area contributed by atoms with Crippen LogP contribution in [0, 0.1) is 0 Å². The van der Waals surface area contributed by atoms with Crippen molar-refractivity contribution < 1.29 is 10.0 Å². The summed E-state index contributed by atoms with van der Waals surface area (Å²) in [6, 6.07) is 11.4. The van der Waals surface area contributed by atoms with Crippen molar-refractivity contribution in [1.29, 1.82) is 0 Å². The van der Waals surface area contributed by atoms with Crippen LogP contribution >= 0.6 is 11.6 Å². The topological polar surface area (TPSA) is 40.5 Å². The molecule has 2 aromatic rings. The number of halogens is 1. The molecule has 0 aromatic heterocycles. The molecule has 2 nitrogen and oxygen atoms in total. The first-order valence-electron chi connectivity index (χ1n) is 6.23. The van der Waals surface area contributed by atoms with Crippen molar-refractivity contribution in [2.75, 3.05) is 0 Å². The lowest BCUT2D eigenvalue weighted by Crippen LogP contribution is -2.30. The van der Waals surface area contributed by atoms with Gasteiger partial charge in [-0.15, -0.1) is 0 Å². The summed E-state index contributed by atoms with van der Waals surface area (Å²) in [5.41, 5.74) is 4.73. The molecule has 0 atom stereocenters. The van der Waals surface area contributed by atoms with Gasteiger partial charge in [0.15, 0.2) is 0 Å². The molecule has 0 aliphatic heterocycles. The molecule has 0 saturated heterocycles. The van der Waals surface area contributed by atoms with E-state index in [4.69, 9.17) is 11.6 Å². The van der Waals surface area contributed by atoms with E-state index in [0.717, 1.165) is 21.7 Å². The minimum absolute atomic E-state index is 0.165. The van der Waals surface area contributed by atoms with Gasteiger partial charge in [-0.2, -0.15) is 0 Å². The Bertz CT molecular complexity index is 665. The lowest BCUT2D eigenvalue weighted by atomic mass is 9.77. The molecule has 0 spiro atoms. The lowest BCUT2D eigenvalue weighted by Gasteiger charge is -2.22. The minimum Gasteiger partial charge on any atom is -0.423 e. The summed E-state index contributed by atoms with van der Waals surface area (Å²) in [6.45, 7) is 4.27. The summed E-state index contributed by atoms with van der Waals surface area (Å²) in [4.78, 5) is 0. The van der Waals surface area contributed by atoms with Gasteiger partial charge in [-0.05, 0) is 33.8 Å². The Labute approximate surface area is 117 Å². The second-order valence-corrected chi connectivity index (χ2v) is 5.87. The highest BCUT2D eigenvalue weighted by Gasteiger charge is 2.37. The Morgan fingerprint density at radius 3 is 2.47 bits per heavy atom.